The number of rotatable bonds is 7. The molecule has 2 amide bonds. The number of hydrogen-bond acceptors (Lipinski definition) is 4. The van der Waals surface area contributed by atoms with Crippen LogP contribution in [0.15, 0.2) is 28.7 Å². The summed E-state index contributed by atoms with van der Waals surface area (Å²) >= 11 is 3.34. The summed E-state index contributed by atoms with van der Waals surface area (Å²) < 4.78 is 6.14. The number of nitrogens with two attached hydrogens (primary N) is 1. The lowest BCUT2D eigenvalue weighted by Gasteiger charge is -2.26. The van der Waals surface area contributed by atoms with E-state index in [9.17, 15) is 9.59 Å². The molecule has 0 saturated carbocycles. The van der Waals surface area contributed by atoms with Crippen molar-refractivity contribution in [2.75, 3.05) is 26.3 Å². The first kappa shape index (κ1) is 18.9. The molecule has 1 aromatic rings. The summed E-state index contributed by atoms with van der Waals surface area (Å²) in [7, 11) is 0. The first-order valence-electron chi connectivity index (χ1n) is 8.22. The van der Waals surface area contributed by atoms with Crippen LogP contribution >= 0.6 is 15.9 Å². The molecule has 2 rings (SSSR count). The number of carbonyl (C=O) groups excluding carboxylic acids is 2. The molecule has 1 heterocycles. The van der Waals surface area contributed by atoms with Gasteiger partial charge < -0.3 is 21.1 Å². The Morgan fingerprint density at radius 3 is 2.67 bits per heavy atom. The van der Waals surface area contributed by atoms with Gasteiger partial charge in [0, 0.05) is 36.3 Å². The van der Waals surface area contributed by atoms with Crippen LogP contribution in [0.1, 0.15) is 29.6 Å². The van der Waals surface area contributed by atoms with Gasteiger partial charge in [0.05, 0.1) is 6.04 Å². The quantitative estimate of drug-likeness (QED) is 0.606. The second kappa shape index (κ2) is 9.76. The lowest BCUT2D eigenvalue weighted by molar-refractivity contribution is -0.124. The van der Waals surface area contributed by atoms with Crippen LogP contribution in [0, 0.1) is 5.92 Å². The maximum atomic E-state index is 12.0. The zero-order valence-corrected chi connectivity index (χ0v) is 15.2. The van der Waals surface area contributed by atoms with Gasteiger partial charge in [0.25, 0.3) is 5.91 Å². The normalized spacial score (nSPS) is 16.4. The summed E-state index contributed by atoms with van der Waals surface area (Å²) in [5.74, 6) is -0.0586. The lowest BCUT2D eigenvalue weighted by Crippen LogP contribution is -2.47. The third-order valence-corrected chi connectivity index (χ3v) is 4.59. The van der Waals surface area contributed by atoms with Crippen molar-refractivity contribution in [2.45, 2.75) is 25.3 Å². The van der Waals surface area contributed by atoms with E-state index < -0.39 is 6.04 Å². The summed E-state index contributed by atoms with van der Waals surface area (Å²) in [6.45, 7) is 2.34. The second-order valence-electron chi connectivity index (χ2n) is 5.89. The van der Waals surface area contributed by atoms with Crippen LogP contribution in [0.3, 0.4) is 0 Å². The molecule has 7 heteroatoms. The van der Waals surface area contributed by atoms with E-state index in [4.69, 9.17) is 10.5 Å². The van der Waals surface area contributed by atoms with Crippen LogP contribution in [0.5, 0.6) is 0 Å². The van der Waals surface area contributed by atoms with Gasteiger partial charge in [-0.25, -0.2) is 0 Å². The SMILES string of the molecule is NC(C(=O)NCCCNC(=O)c1cccc(Br)c1)C1CCOCC1. The van der Waals surface area contributed by atoms with Crippen molar-refractivity contribution in [1.82, 2.24) is 10.6 Å². The summed E-state index contributed by atoms with van der Waals surface area (Å²) in [4.78, 5) is 24.0. The van der Waals surface area contributed by atoms with E-state index in [1.165, 1.54) is 0 Å². The van der Waals surface area contributed by atoms with Gasteiger partial charge in [-0.3, -0.25) is 9.59 Å². The fourth-order valence-corrected chi connectivity index (χ4v) is 3.04. The van der Waals surface area contributed by atoms with Crippen molar-refractivity contribution in [3.05, 3.63) is 34.3 Å². The Morgan fingerprint density at radius 2 is 1.96 bits per heavy atom. The van der Waals surface area contributed by atoms with E-state index >= 15 is 0 Å². The number of halogens is 1. The van der Waals surface area contributed by atoms with Crippen molar-refractivity contribution < 1.29 is 14.3 Å². The maximum Gasteiger partial charge on any atom is 0.251 e. The fraction of sp³-hybridized carbons (Fsp3) is 0.529. The number of ether oxygens (including phenoxy) is 1. The minimum atomic E-state index is -0.481. The number of hydrogen-bond donors (Lipinski definition) is 3. The van der Waals surface area contributed by atoms with Crippen LogP contribution in [0.25, 0.3) is 0 Å². The minimum Gasteiger partial charge on any atom is -0.381 e. The van der Waals surface area contributed by atoms with Gasteiger partial charge in [-0.2, -0.15) is 0 Å². The molecule has 1 saturated heterocycles. The smallest absolute Gasteiger partial charge is 0.251 e. The Hall–Kier alpha value is -1.44. The van der Waals surface area contributed by atoms with E-state index in [1.54, 1.807) is 12.1 Å². The zero-order valence-electron chi connectivity index (χ0n) is 13.6. The van der Waals surface area contributed by atoms with E-state index in [2.05, 4.69) is 26.6 Å². The van der Waals surface area contributed by atoms with E-state index in [0.717, 1.165) is 17.3 Å². The van der Waals surface area contributed by atoms with Gasteiger partial charge in [-0.15, -0.1) is 0 Å². The highest BCUT2D eigenvalue weighted by atomic mass is 79.9. The standard InChI is InChI=1S/C17H24BrN3O3/c18-14-4-1-3-13(11-14)16(22)20-7-2-8-21-17(23)15(19)12-5-9-24-10-6-12/h1,3-4,11-12,15H,2,5-10,19H2,(H,20,22)(H,21,23). The topological polar surface area (TPSA) is 93.5 Å². The Bertz CT molecular complexity index is 562. The monoisotopic (exact) mass is 397 g/mol. The lowest BCUT2D eigenvalue weighted by atomic mass is 9.92. The van der Waals surface area contributed by atoms with Crippen LogP contribution in [-0.4, -0.2) is 44.2 Å². The van der Waals surface area contributed by atoms with E-state index in [0.29, 0.717) is 38.3 Å². The van der Waals surface area contributed by atoms with Crippen LogP contribution in [0.2, 0.25) is 0 Å². The van der Waals surface area contributed by atoms with Gasteiger partial charge in [-0.1, -0.05) is 22.0 Å². The Balaban J connectivity index is 1.62. The van der Waals surface area contributed by atoms with Crippen molar-refractivity contribution in [2.24, 2.45) is 11.7 Å². The second-order valence-corrected chi connectivity index (χ2v) is 6.80. The molecular weight excluding hydrogens is 374 g/mol. The van der Waals surface area contributed by atoms with E-state index in [1.807, 2.05) is 12.1 Å². The molecule has 4 N–H and O–H groups in total. The molecule has 132 valence electrons. The fourth-order valence-electron chi connectivity index (χ4n) is 2.64. The van der Waals surface area contributed by atoms with Crippen LogP contribution < -0.4 is 16.4 Å². The zero-order chi connectivity index (χ0) is 17.4. The highest BCUT2D eigenvalue weighted by molar-refractivity contribution is 9.10. The predicted molar refractivity (Wildman–Crippen MR) is 95.6 cm³/mol. The number of carbonyl (C=O) groups is 2. The van der Waals surface area contributed by atoms with Gasteiger partial charge >= 0.3 is 0 Å². The molecule has 1 aliphatic heterocycles. The number of nitrogens with one attached hydrogen (secondary N) is 2. The number of benzene rings is 1. The highest BCUT2D eigenvalue weighted by Gasteiger charge is 2.26. The summed E-state index contributed by atoms with van der Waals surface area (Å²) in [6, 6.07) is 6.73. The largest absolute Gasteiger partial charge is 0.381 e. The highest BCUT2D eigenvalue weighted by Crippen LogP contribution is 2.17. The summed E-state index contributed by atoms with van der Waals surface area (Å²) in [5, 5.41) is 5.67. The third kappa shape index (κ3) is 5.89. The molecule has 24 heavy (non-hydrogen) atoms. The minimum absolute atomic E-state index is 0.124. The molecule has 1 unspecified atom stereocenters. The average Bonchev–Trinajstić information content (AvgIpc) is 2.61. The maximum absolute atomic E-state index is 12.0. The van der Waals surface area contributed by atoms with Crippen molar-refractivity contribution in [3.63, 3.8) is 0 Å². The van der Waals surface area contributed by atoms with Gasteiger partial charge in [0.2, 0.25) is 5.91 Å². The van der Waals surface area contributed by atoms with Gasteiger partial charge in [0.1, 0.15) is 0 Å². The predicted octanol–water partition coefficient (Wildman–Crippen LogP) is 1.44. The molecule has 1 aromatic carbocycles. The molecule has 1 atom stereocenters. The van der Waals surface area contributed by atoms with Crippen LogP contribution in [0.4, 0.5) is 0 Å². The van der Waals surface area contributed by atoms with Crippen molar-refractivity contribution >= 4 is 27.7 Å². The van der Waals surface area contributed by atoms with E-state index in [-0.39, 0.29) is 17.7 Å². The Labute approximate surface area is 150 Å². The Morgan fingerprint density at radius 1 is 1.25 bits per heavy atom. The van der Waals surface area contributed by atoms with Gasteiger partial charge in [0.15, 0.2) is 0 Å². The van der Waals surface area contributed by atoms with Gasteiger partial charge in [-0.05, 0) is 43.4 Å². The summed E-state index contributed by atoms with van der Waals surface area (Å²) in [6.07, 6.45) is 2.32. The Kier molecular flexibility index (Phi) is 7.68. The molecule has 6 nitrogen and oxygen atoms in total. The molecular formula is C17H24BrN3O3. The average molecular weight is 398 g/mol. The first-order chi connectivity index (χ1) is 11.6. The summed E-state index contributed by atoms with van der Waals surface area (Å²) in [5.41, 5.74) is 6.61. The molecule has 0 aromatic heterocycles. The third-order valence-electron chi connectivity index (χ3n) is 4.10. The number of amides is 2. The molecule has 1 aliphatic rings. The van der Waals surface area contributed by atoms with Crippen molar-refractivity contribution in [3.8, 4) is 0 Å². The molecule has 0 aliphatic carbocycles. The molecule has 1 fully saturated rings. The molecule has 0 bridgehead atoms. The van der Waals surface area contributed by atoms with Crippen molar-refractivity contribution in [1.29, 1.82) is 0 Å². The van der Waals surface area contributed by atoms with Crippen LogP contribution in [-0.2, 0) is 9.53 Å². The first-order valence-corrected chi connectivity index (χ1v) is 9.02. The molecule has 0 spiro atoms. The molecule has 0 radical (unpaired) electrons.